The minimum absolute atomic E-state index is 0.0278. The predicted molar refractivity (Wildman–Crippen MR) is 113 cm³/mol. The van der Waals surface area contributed by atoms with Crippen LogP contribution in [-0.4, -0.2) is 45.3 Å². The van der Waals surface area contributed by atoms with Crippen molar-refractivity contribution in [2.45, 2.75) is 25.2 Å². The summed E-state index contributed by atoms with van der Waals surface area (Å²) < 4.78 is 49.3. The summed E-state index contributed by atoms with van der Waals surface area (Å²) in [4.78, 5) is 12.6. The summed E-state index contributed by atoms with van der Waals surface area (Å²) in [5.41, 5.74) is -0.655. The van der Waals surface area contributed by atoms with E-state index in [1.165, 1.54) is 17.4 Å². The molecule has 162 valence electrons. The maximum absolute atomic E-state index is 13.9. The van der Waals surface area contributed by atoms with Gasteiger partial charge in [0.1, 0.15) is 5.52 Å². The van der Waals surface area contributed by atoms with Crippen LogP contribution in [0, 0.1) is 0 Å². The standard InChI is InChI=1S/C20H17ClF3N5OS/c21-11-1-2-13-14(9-11)27-17(20(22,23)24)15-16(13)29(6-3-12-10-25-4-7-30-12)18(28-15)19-26-5-8-31-19/h1-2,5,8-9,12,25H,3-4,6-7,10H2. The van der Waals surface area contributed by atoms with Gasteiger partial charge in [-0.1, -0.05) is 11.6 Å². The number of aryl methyl sites for hydroxylation is 1. The molecule has 1 aliphatic heterocycles. The maximum atomic E-state index is 13.9. The van der Waals surface area contributed by atoms with Crippen LogP contribution in [0.25, 0.3) is 32.8 Å². The van der Waals surface area contributed by atoms with Gasteiger partial charge >= 0.3 is 6.18 Å². The summed E-state index contributed by atoms with van der Waals surface area (Å²) >= 11 is 7.38. The summed E-state index contributed by atoms with van der Waals surface area (Å²) in [5, 5.41) is 6.48. The number of hydrogen-bond donors (Lipinski definition) is 1. The summed E-state index contributed by atoms with van der Waals surface area (Å²) in [6.07, 6.45) is -2.46. The van der Waals surface area contributed by atoms with Crippen LogP contribution in [0.5, 0.6) is 0 Å². The van der Waals surface area contributed by atoms with E-state index < -0.39 is 11.9 Å². The number of nitrogens with zero attached hydrogens (tertiary/aromatic N) is 4. The van der Waals surface area contributed by atoms with Crippen LogP contribution in [0.2, 0.25) is 5.02 Å². The van der Waals surface area contributed by atoms with Crippen LogP contribution in [0.15, 0.2) is 29.8 Å². The number of nitrogens with one attached hydrogen (secondary N) is 1. The average molecular weight is 468 g/mol. The molecule has 0 aliphatic carbocycles. The zero-order valence-corrected chi connectivity index (χ0v) is 17.7. The van der Waals surface area contributed by atoms with Gasteiger partial charge in [-0.3, -0.25) is 0 Å². The first kappa shape index (κ1) is 20.6. The lowest BCUT2D eigenvalue weighted by atomic mass is 10.1. The summed E-state index contributed by atoms with van der Waals surface area (Å²) in [6.45, 7) is 2.53. The Labute approximate surface area is 184 Å². The minimum Gasteiger partial charge on any atom is -0.376 e. The molecule has 1 fully saturated rings. The lowest BCUT2D eigenvalue weighted by molar-refractivity contribution is -0.139. The Hall–Kier alpha value is -2.27. The number of hydrogen-bond acceptors (Lipinski definition) is 6. The molecule has 0 radical (unpaired) electrons. The molecule has 31 heavy (non-hydrogen) atoms. The highest BCUT2D eigenvalue weighted by molar-refractivity contribution is 7.13. The molecule has 5 rings (SSSR count). The molecule has 0 amide bonds. The molecule has 6 nitrogen and oxygen atoms in total. The van der Waals surface area contributed by atoms with E-state index in [4.69, 9.17) is 16.3 Å². The molecule has 1 unspecified atom stereocenters. The highest BCUT2D eigenvalue weighted by Crippen LogP contribution is 2.39. The minimum atomic E-state index is -4.66. The fourth-order valence-corrected chi connectivity index (χ4v) is 4.65. The topological polar surface area (TPSA) is 64.9 Å². The second-order valence-electron chi connectivity index (χ2n) is 7.23. The van der Waals surface area contributed by atoms with Crippen molar-refractivity contribution in [3.05, 3.63) is 40.5 Å². The molecule has 1 aromatic carbocycles. The highest BCUT2D eigenvalue weighted by atomic mass is 35.5. The molecule has 4 aromatic rings. The molecular formula is C20H17ClF3N5OS. The van der Waals surface area contributed by atoms with Gasteiger partial charge in [0.05, 0.1) is 23.7 Å². The summed E-state index contributed by atoms with van der Waals surface area (Å²) in [7, 11) is 0. The van der Waals surface area contributed by atoms with Crippen molar-refractivity contribution in [3.63, 3.8) is 0 Å². The van der Waals surface area contributed by atoms with Crippen molar-refractivity contribution >= 4 is 44.9 Å². The third kappa shape index (κ3) is 3.89. The molecule has 1 atom stereocenters. The van der Waals surface area contributed by atoms with E-state index >= 15 is 0 Å². The maximum Gasteiger partial charge on any atom is 0.435 e. The first-order chi connectivity index (χ1) is 14.9. The molecular weight excluding hydrogens is 451 g/mol. The Morgan fingerprint density at radius 1 is 1.29 bits per heavy atom. The quantitative estimate of drug-likeness (QED) is 0.469. The number of pyridine rings is 1. The van der Waals surface area contributed by atoms with Crippen LogP contribution < -0.4 is 5.32 Å². The zero-order valence-electron chi connectivity index (χ0n) is 16.1. The van der Waals surface area contributed by atoms with Crippen molar-refractivity contribution in [3.8, 4) is 10.8 Å². The van der Waals surface area contributed by atoms with Gasteiger partial charge in [-0.05, 0) is 24.6 Å². The number of benzene rings is 1. The van der Waals surface area contributed by atoms with Crippen molar-refractivity contribution in [2.75, 3.05) is 19.7 Å². The van der Waals surface area contributed by atoms with E-state index in [0.29, 0.717) is 52.9 Å². The second kappa shape index (κ2) is 8.01. The largest absolute Gasteiger partial charge is 0.435 e. The summed E-state index contributed by atoms with van der Waals surface area (Å²) in [6, 6.07) is 4.78. The number of fused-ring (bicyclic) bond motifs is 3. The number of morpholine rings is 1. The Kier molecular flexibility index (Phi) is 5.33. The van der Waals surface area contributed by atoms with E-state index in [-0.39, 0.29) is 17.1 Å². The first-order valence-corrected chi connectivity index (χ1v) is 11.0. The van der Waals surface area contributed by atoms with Crippen LogP contribution in [0.4, 0.5) is 13.2 Å². The predicted octanol–water partition coefficient (Wildman–Crippen LogP) is 4.76. The zero-order chi connectivity index (χ0) is 21.6. The second-order valence-corrected chi connectivity index (χ2v) is 8.56. The van der Waals surface area contributed by atoms with Gasteiger partial charge in [0.2, 0.25) is 0 Å². The number of alkyl halides is 3. The lowest BCUT2D eigenvalue weighted by Crippen LogP contribution is -2.38. The third-order valence-electron chi connectivity index (χ3n) is 5.21. The van der Waals surface area contributed by atoms with Gasteiger partial charge < -0.3 is 14.6 Å². The van der Waals surface area contributed by atoms with E-state index in [1.54, 1.807) is 28.3 Å². The Balaban J connectivity index is 1.75. The van der Waals surface area contributed by atoms with Crippen LogP contribution >= 0.6 is 22.9 Å². The molecule has 0 bridgehead atoms. The Morgan fingerprint density at radius 3 is 2.87 bits per heavy atom. The Bertz CT molecular complexity index is 1240. The highest BCUT2D eigenvalue weighted by Gasteiger charge is 2.38. The molecule has 1 saturated heterocycles. The molecule has 4 heterocycles. The normalized spacial score (nSPS) is 17.6. The van der Waals surface area contributed by atoms with E-state index in [9.17, 15) is 13.2 Å². The number of thiazole rings is 1. The van der Waals surface area contributed by atoms with Crippen molar-refractivity contribution in [1.29, 1.82) is 0 Å². The summed E-state index contributed by atoms with van der Waals surface area (Å²) in [5.74, 6) is 0.392. The molecule has 11 heteroatoms. The average Bonchev–Trinajstić information content (AvgIpc) is 3.39. The van der Waals surface area contributed by atoms with Gasteiger partial charge in [-0.15, -0.1) is 11.3 Å². The van der Waals surface area contributed by atoms with Gasteiger partial charge in [-0.2, -0.15) is 13.2 Å². The number of aromatic nitrogens is 4. The molecule has 0 saturated carbocycles. The number of halogens is 4. The number of imidazole rings is 1. The lowest BCUT2D eigenvalue weighted by Gasteiger charge is -2.24. The fraction of sp³-hybridized carbons (Fsp3) is 0.350. The van der Waals surface area contributed by atoms with Crippen LogP contribution in [0.3, 0.4) is 0 Å². The number of ether oxygens (including phenoxy) is 1. The van der Waals surface area contributed by atoms with Crippen LogP contribution in [-0.2, 0) is 17.5 Å². The van der Waals surface area contributed by atoms with Crippen molar-refractivity contribution in [1.82, 2.24) is 24.8 Å². The Morgan fingerprint density at radius 2 is 2.16 bits per heavy atom. The molecule has 0 spiro atoms. The molecule has 1 aliphatic rings. The van der Waals surface area contributed by atoms with E-state index in [2.05, 4.69) is 20.3 Å². The van der Waals surface area contributed by atoms with Gasteiger partial charge in [0, 0.05) is 41.6 Å². The first-order valence-electron chi connectivity index (χ1n) is 9.70. The fourth-order valence-electron chi connectivity index (χ4n) is 3.85. The van der Waals surface area contributed by atoms with Crippen molar-refractivity contribution in [2.24, 2.45) is 0 Å². The van der Waals surface area contributed by atoms with Gasteiger partial charge in [-0.25, -0.2) is 15.0 Å². The molecule has 3 aromatic heterocycles. The van der Waals surface area contributed by atoms with Crippen molar-refractivity contribution < 1.29 is 17.9 Å². The van der Waals surface area contributed by atoms with Gasteiger partial charge in [0.15, 0.2) is 16.5 Å². The number of rotatable bonds is 4. The smallest absolute Gasteiger partial charge is 0.376 e. The third-order valence-corrected chi connectivity index (χ3v) is 6.21. The van der Waals surface area contributed by atoms with E-state index in [0.717, 1.165) is 6.54 Å². The van der Waals surface area contributed by atoms with E-state index in [1.807, 2.05) is 0 Å². The molecule has 1 N–H and O–H groups in total. The monoisotopic (exact) mass is 467 g/mol. The van der Waals surface area contributed by atoms with Crippen LogP contribution in [0.1, 0.15) is 12.1 Å². The SMILES string of the molecule is FC(F)(F)c1nc2cc(Cl)ccc2c2c1nc(-c1nccs1)n2CCC1CNCCO1. The van der Waals surface area contributed by atoms with Gasteiger partial charge in [0.25, 0.3) is 0 Å².